The van der Waals surface area contributed by atoms with Gasteiger partial charge in [-0.2, -0.15) is 0 Å². The minimum atomic E-state index is -0.858. The monoisotopic (exact) mass is 231 g/mol. The molecule has 0 radical (unpaired) electrons. The summed E-state index contributed by atoms with van der Waals surface area (Å²) in [6.45, 7) is 4.07. The molecule has 0 atom stereocenters. The molecule has 3 heteroatoms. The average molecular weight is 231 g/mol. The maximum Gasteiger partial charge on any atom is 0.337 e. The second-order valence-corrected chi connectivity index (χ2v) is 4.53. The molecule has 17 heavy (non-hydrogen) atoms. The molecule has 0 aliphatic rings. The first kappa shape index (κ1) is 11.7. The van der Waals surface area contributed by atoms with E-state index in [4.69, 9.17) is 0 Å². The summed E-state index contributed by atoms with van der Waals surface area (Å²) in [5.41, 5.74) is 3.45. The van der Waals surface area contributed by atoms with Crippen LogP contribution in [0.5, 0.6) is 0 Å². The van der Waals surface area contributed by atoms with Crippen LogP contribution < -0.4 is 0 Å². The second kappa shape index (κ2) is 4.24. The lowest BCUT2D eigenvalue weighted by Gasteiger charge is -2.04. The highest BCUT2D eigenvalue weighted by Crippen LogP contribution is 2.26. The van der Waals surface area contributed by atoms with E-state index in [2.05, 4.69) is 13.0 Å². The third kappa shape index (κ3) is 1.93. The molecule has 1 N–H and O–H groups in total. The van der Waals surface area contributed by atoms with Crippen LogP contribution in [-0.2, 0) is 13.5 Å². The Morgan fingerprint density at radius 3 is 2.71 bits per heavy atom. The molecule has 0 bridgehead atoms. The smallest absolute Gasteiger partial charge is 0.337 e. The van der Waals surface area contributed by atoms with Crippen molar-refractivity contribution in [1.29, 1.82) is 0 Å². The van der Waals surface area contributed by atoms with Gasteiger partial charge in [0.05, 0.1) is 11.1 Å². The lowest BCUT2D eigenvalue weighted by atomic mass is 10.0. The number of hydrogen-bond donors (Lipinski definition) is 1. The van der Waals surface area contributed by atoms with Crippen LogP contribution in [0.4, 0.5) is 0 Å². The quantitative estimate of drug-likeness (QED) is 0.881. The number of rotatable bonds is 3. The van der Waals surface area contributed by atoms with Gasteiger partial charge in [0.25, 0.3) is 0 Å². The maximum absolute atomic E-state index is 11.3. The van der Waals surface area contributed by atoms with Gasteiger partial charge in [0.15, 0.2) is 0 Å². The SMILES string of the molecule is CCCc1cn(C)c2c(C(=O)O)cc(C)cc12. The summed E-state index contributed by atoms with van der Waals surface area (Å²) < 4.78 is 1.92. The number of carboxylic acid groups (broad SMARTS) is 1. The van der Waals surface area contributed by atoms with Gasteiger partial charge in [-0.15, -0.1) is 0 Å². The molecule has 1 aromatic heterocycles. The molecule has 1 aromatic carbocycles. The van der Waals surface area contributed by atoms with Gasteiger partial charge in [0, 0.05) is 18.6 Å². The van der Waals surface area contributed by atoms with E-state index in [0.717, 1.165) is 29.3 Å². The van der Waals surface area contributed by atoms with Gasteiger partial charge >= 0.3 is 5.97 Å². The zero-order chi connectivity index (χ0) is 12.6. The molecule has 0 fully saturated rings. The Balaban J connectivity index is 2.80. The number of carboxylic acids is 1. The van der Waals surface area contributed by atoms with Gasteiger partial charge < -0.3 is 9.67 Å². The van der Waals surface area contributed by atoms with Gasteiger partial charge in [-0.3, -0.25) is 0 Å². The van der Waals surface area contributed by atoms with Crippen molar-refractivity contribution >= 4 is 16.9 Å². The van der Waals surface area contributed by atoms with Crippen molar-refractivity contribution in [3.8, 4) is 0 Å². The fourth-order valence-corrected chi connectivity index (χ4v) is 2.40. The number of aryl methyl sites for hydroxylation is 3. The Hall–Kier alpha value is -1.77. The lowest BCUT2D eigenvalue weighted by Crippen LogP contribution is -2.01. The van der Waals surface area contributed by atoms with Crippen LogP contribution in [0.1, 0.15) is 34.8 Å². The first-order valence-corrected chi connectivity index (χ1v) is 5.86. The van der Waals surface area contributed by atoms with E-state index in [-0.39, 0.29) is 0 Å². The van der Waals surface area contributed by atoms with E-state index in [0.29, 0.717) is 5.56 Å². The molecule has 2 aromatic rings. The molecule has 0 spiro atoms. The van der Waals surface area contributed by atoms with Gasteiger partial charge in [-0.25, -0.2) is 4.79 Å². The average Bonchev–Trinajstić information content (AvgIpc) is 2.55. The molecule has 0 aliphatic heterocycles. The van der Waals surface area contributed by atoms with Gasteiger partial charge in [-0.05, 0) is 36.6 Å². The number of aromatic carboxylic acids is 1. The molecular formula is C14H17NO2. The first-order chi connectivity index (χ1) is 8.04. The Kier molecular flexibility index (Phi) is 2.92. The van der Waals surface area contributed by atoms with Gasteiger partial charge in [0.1, 0.15) is 0 Å². The Labute approximate surface area is 101 Å². The molecular weight excluding hydrogens is 214 g/mol. The van der Waals surface area contributed by atoms with E-state index < -0.39 is 5.97 Å². The third-order valence-electron chi connectivity index (χ3n) is 3.05. The van der Waals surface area contributed by atoms with Crippen molar-refractivity contribution in [3.63, 3.8) is 0 Å². The molecule has 0 amide bonds. The molecule has 0 aliphatic carbocycles. The molecule has 0 saturated carbocycles. The summed E-state index contributed by atoms with van der Waals surface area (Å²) in [5.74, 6) is -0.858. The van der Waals surface area contributed by atoms with Crippen LogP contribution >= 0.6 is 0 Å². The predicted molar refractivity (Wildman–Crippen MR) is 68.6 cm³/mol. The van der Waals surface area contributed by atoms with Gasteiger partial charge in [-0.1, -0.05) is 13.3 Å². The van der Waals surface area contributed by atoms with E-state index in [1.807, 2.05) is 24.7 Å². The molecule has 2 rings (SSSR count). The summed E-state index contributed by atoms with van der Waals surface area (Å²) >= 11 is 0. The van der Waals surface area contributed by atoms with Crippen molar-refractivity contribution in [3.05, 3.63) is 35.0 Å². The number of aromatic nitrogens is 1. The fourth-order valence-electron chi connectivity index (χ4n) is 2.40. The third-order valence-corrected chi connectivity index (χ3v) is 3.05. The minimum Gasteiger partial charge on any atom is -0.478 e. The number of nitrogens with zero attached hydrogens (tertiary/aromatic N) is 1. The second-order valence-electron chi connectivity index (χ2n) is 4.53. The Bertz CT molecular complexity index is 581. The lowest BCUT2D eigenvalue weighted by molar-refractivity contribution is 0.0698. The van der Waals surface area contributed by atoms with Crippen LogP contribution in [0.25, 0.3) is 10.9 Å². The molecule has 0 unspecified atom stereocenters. The highest BCUT2D eigenvalue weighted by atomic mass is 16.4. The van der Waals surface area contributed by atoms with Crippen LogP contribution in [-0.4, -0.2) is 15.6 Å². The summed E-state index contributed by atoms with van der Waals surface area (Å²) in [6.07, 6.45) is 4.09. The number of fused-ring (bicyclic) bond motifs is 1. The van der Waals surface area contributed by atoms with E-state index in [1.165, 1.54) is 5.56 Å². The highest BCUT2D eigenvalue weighted by molar-refractivity contribution is 6.03. The van der Waals surface area contributed by atoms with Gasteiger partial charge in [0.2, 0.25) is 0 Å². The minimum absolute atomic E-state index is 0.393. The maximum atomic E-state index is 11.3. The summed E-state index contributed by atoms with van der Waals surface area (Å²) in [5, 5.41) is 10.3. The van der Waals surface area contributed by atoms with Crippen molar-refractivity contribution < 1.29 is 9.90 Å². The van der Waals surface area contributed by atoms with Crippen LogP contribution in [0.3, 0.4) is 0 Å². The number of hydrogen-bond acceptors (Lipinski definition) is 1. The summed E-state index contributed by atoms with van der Waals surface area (Å²) in [7, 11) is 1.91. The van der Waals surface area contributed by atoms with E-state index >= 15 is 0 Å². The predicted octanol–water partition coefficient (Wildman–Crippen LogP) is 3.14. The Morgan fingerprint density at radius 1 is 1.41 bits per heavy atom. The highest BCUT2D eigenvalue weighted by Gasteiger charge is 2.15. The first-order valence-electron chi connectivity index (χ1n) is 5.86. The zero-order valence-corrected chi connectivity index (χ0v) is 10.4. The van der Waals surface area contributed by atoms with Crippen molar-refractivity contribution in [2.24, 2.45) is 7.05 Å². The molecule has 3 nitrogen and oxygen atoms in total. The number of carbonyl (C=O) groups is 1. The van der Waals surface area contributed by atoms with Crippen molar-refractivity contribution in [1.82, 2.24) is 4.57 Å². The zero-order valence-electron chi connectivity index (χ0n) is 10.4. The topological polar surface area (TPSA) is 42.2 Å². The van der Waals surface area contributed by atoms with E-state index in [1.54, 1.807) is 6.07 Å². The number of benzene rings is 1. The van der Waals surface area contributed by atoms with Crippen LogP contribution in [0, 0.1) is 6.92 Å². The molecule has 0 saturated heterocycles. The molecule has 90 valence electrons. The largest absolute Gasteiger partial charge is 0.478 e. The fraction of sp³-hybridized carbons (Fsp3) is 0.357. The van der Waals surface area contributed by atoms with Crippen LogP contribution in [0.2, 0.25) is 0 Å². The summed E-state index contributed by atoms with van der Waals surface area (Å²) in [4.78, 5) is 11.3. The standard InChI is InChI=1S/C14H17NO2/c1-4-5-10-8-15(3)13-11(10)6-9(2)7-12(13)14(16)17/h6-8H,4-5H2,1-3H3,(H,16,17). The summed E-state index contributed by atoms with van der Waals surface area (Å²) in [6, 6.07) is 3.81. The normalized spacial score (nSPS) is 11.0. The van der Waals surface area contributed by atoms with Crippen molar-refractivity contribution in [2.45, 2.75) is 26.7 Å². The van der Waals surface area contributed by atoms with Crippen LogP contribution in [0.15, 0.2) is 18.3 Å². The van der Waals surface area contributed by atoms with E-state index in [9.17, 15) is 9.90 Å². The van der Waals surface area contributed by atoms with Crippen molar-refractivity contribution in [2.75, 3.05) is 0 Å². The molecule has 1 heterocycles. The Morgan fingerprint density at radius 2 is 2.12 bits per heavy atom.